The molecule has 2 heterocycles. The molecule has 25 heavy (non-hydrogen) atoms. The maximum atomic E-state index is 12.1. The normalized spacial score (nSPS) is 16.6. The van der Waals surface area contributed by atoms with Crippen LogP contribution in [0.3, 0.4) is 0 Å². The average Bonchev–Trinajstić information content (AvgIpc) is 3.24. The van der Waals surface area contributed by atoms with Gasteiger partial charge in [0.25, 0.3) is 0 Å². The van der Waals surface area contributed by atoms with Crippen molar-refractivity contribution in [1.29, 1.82) is 0 Å². The Labute approximate surface area is 144 Å². The van der Waals surface area contributed by atoms with Gasteiger partial charge in [-0.3, -0.25) is 15.0 Å². The zero-order valence-electron chi connectivity index (χ0n) is 13.4. The monoisotopic (exact) mass is 342 g/mol. The number of urea groups is 1. The summed E-state index contributed by atoms with van der Waals surface area (Å²) in [4.78, 5) is 37.4. The van der Waals surface area contributed by atoms with E-state index in [0.29, 0.717) is 18.0 Å². The largest absolute Gasteiger partial charge is 0.467 e. The third kappa shape index (κ3) is 4.37. The molecule has 4 amide bonds. The standard InChI is InChI=1S/C17H18N4O4/c22-15-9-12(10-21(15)11-14-7-4-8-25-14)16(23)19-20-17(24)18-13-5-2-1-3-6-13/h1-8,12H,9-11H2,(H,19,23)(H2,18,20,24). The van der Waals surface area contributed by atoms with Gasteiger partial charge in [-0.05, 0) is 24.3 Å². The van der Waals surface area contributed by atoms with Crippen molar-refractivity contribution in [3.63, 3.8) is 0 Å². The number of nitrogens with zero attached hydrogens (tertiary/aromatic N) is 1. The van der Waals surface area contributed by atoms with Gasteiger partial charge in [-0.25, -0.2) is 10.2 Å². The first-order valence-electron chi connectivity index (χ1n) is 7.84. The molecule has 0 aliphatic carbocycles. The van der Waals surface area contributed by atoms with E-state index in [1.807, 2.05) is 6.07 Å². The predicted octanol–water partition coefficient (Wildman–Crippen LogP) is 1.48. The Kier molecular flexibility index (Phi) is 4.98. The van der Waals surface area contributed by atoms with Crippen LogP contribution in [0.25, 0.3) is 0 Å². The molecule has 130 valence electrons. The molecule has 1 unspecified atom stereocenters. The lowest BCUT2D eigenvalue weighted by atomic mass is 10.1. The van der Waals surface area contributed by atoms with Gasteiger partial charge < -0.3 is 14.6 Å². The van der Waals surface area contributed by atoms with Gasteiger partial charge in [0.2, 0.25) is 11.8 Å². The van der Waals surface area contributed by atoms with E-state index in [1.54, 1.807) is 41.3 Å². The Morgan fingerprint density at radius 3 is 2.64 bits per heavy atom. The SMILES string of the molecule is O=C(NNC(=O)C1CC(=O)N(Cc2ccco2)C1)Nc1ccccc1. The molecule has 8 nitrogen and oxygen atoms in total. The summed E-state index contributed by atoms with van der Waals surface area (Å²) in [5.41, 5.74) is 5.23. The molecule has 1 fully saturated rings. The predicted molar refractivity (Wildman–Crippen MR) is 89.0 cm³/mol. The molecule has 1 atom stereocenters. The third-order valence-corrected chi connectivity index (χ3v) is 3.84. The van der Waals surface area contributed by atoms with E-state index in [0.717, 1.165) is 0 Å². The molecule has 3 rings (SSSR count). The lowest BCUT2D eigenvalue weighted by Gasteiger charge is -2.15. The van der Waals surface area contributed by atoms with Crippen molar-refractivity contribution in [2.24, 2.45) is 5.92 Å². The van der Waals surface area contributed by atoms with Crippen molar-refractivity contribution in [2.75, 3.05) is 11.9 Å². The second-order valence-electron chi connectivity index (χ2n) is 5.69. The summed E-state index contributed by atoms with van der Waals surface area (Å²) in [6, 6.07) is 11.8. The first kappa shape index (κ1) is 16.6. The molecule has 0 bridgehead atoms. The van der Waals surface area contributed by atoms with E-state index in [9.17, 15) is 14.4 Å². The number of carbonyl (C=O) groups excluding carboxylic acids is 3. The number of furan rings is 1. The van der Waals surface area contributed by atoms with Gasteiger partial charge in [0.15, 0.2) is 0 Å². The van der Waals surface area contributed by atoms with Crippen LogP contribution in [0.1, 0.15) is 12.2 Å². The van der Waals surface area contributed by atoms with Gasteiger partial charge >= 0.3 is 6.03 Å². The minimum Gasteiger partial charge on any atom is -0.467 e. The number of rotatable bonds is 4. The molecular weight excluding hydrogens is 324 g/mol. The summed E-state index contributed by atoms with van der Waals surface area (Å²) >= 11 is 0. The third-order valence-electron chi connectivity index (χ3n) is 3.84. The van der Waals surface area contributed by atoms with Gasteiger partial charge in [0, 0.05) is 18.7 Å². The fourth-order valence-corrected chi connectivity index (χ4v) is 2.60. The molecule has 1 aromatic carbocycles. The quantitative estimate of drug-likeness (QED) is 0.732. The second kappa shape index (κ2) is 7.52. The number of anilines is 1. The van der Waals surface area contributed by atoms with Crippen LogP contribution in [-0.2, 0) is 16.1 Å². The van der Waals surface area contributed by atoms with Crippen LogP contribution >= 0.6 is 0 Å². The first-order chi connectivity index (χ1) is 12.1. The van der Waals surface area contributed by atoms with Crippen LogP contribution in [0.2, 0.25) is 0 Å². The fourth-order valence-electron chi connectivity index (χ4n) is 2.60. The number of nitrogens with one attached hydrogen (secondary N) is 3. The molecule has 2 aromatic rings. The number of hydrogen-bond acceptors (Lipinski definition) is 4. The zero-order chi connectivity index (χ0) is 17.6. The Morgan fingerprint density at radius 2 is 1.92 bits per heavy atom. The molecule has 0 saturated carbocycles. The molecular formula is C17H18N4O4. The van der Waals surface area contributed by atoms with E-state index in [4.69, 9.17) is 4.42 Å². The van der Waals surface area contributed by atoms with Crippen molar-refractivity contribution in [3.8, 4) is 0 Å². The van der Waals surface area contributed by atoms with E-state index in [2.05, 4.69) is 16.2 Å². The van der Waals surface area contributed by atoms with Crippen molar-refractivity contribution in [3.05, 3.63) is 54.5 Å². The maximum Gasteiger partial charge on any atom is 0.337 e. The van der Waals surface area contributed by atoms with Crippen LogP contribution in [0.15, 0.2) is 53.1 Å². The van der Waals surface area contributed by atoms with Crippen molar-refractivity contribution >= 4 is 23.5 Å². The average molecular weight is 342 g/mol. The fraction of sp³-hybridized carbons (Fsp3) is 0.235. The summed E-state index contributed by atoms with van der Waals surface area (Å²) in [6.45, 7) is 0.616. The highest BCUT2D eigenvalue weighted by Gasteiger charge is 2.34. The Morgan fingerprint density at radius 1 is 1.12 bits per heavy atom. The van der Waals surface area contributed by atoms with Crippen LogP contribution in [-0.4, -0.2) is 29.3 Å². The van der Waals surface area contributed by atoms with Crippen molar-refractivity contribution < 1.29 is 18.8 Å². The summed E-state index contributed by atoms with van der Waals surface area (Å²) in [6.07, 6.45) is 1.64. The molecule has 1 saturated heterocycles. The highest BCUT2D eigenvalue weighted by atomic mass is 16.3. The van der Waals surface area contributed by atoms with Crippen LogP contribution in [0, 0.1) is 5.92 Å². The van der Waals surface area contributed by atoms with Gasteiger partial charge in [0.05, 0.1) is 18.7 Å². The van der Waals surface area contributed by atoms with E-state index in [-0.39, 0.29) is 18.9 Å². The van der Waals surface area contributed by atoms with E-state index >= 15 is 0 Å². The molecule has 1 aromatic heterocycles. The van der Waals surface area contributed by atoms with Gasteiger partial charge in [-0.2, -0.15) is 0 Å². The second-order valence-corrected chi connectivity index (χ2v) is 5.69. The summed E-state index contributed by atoms with van der Waals surface area (Å²) in [7, 11) is 0. The first-order valence-corrected chi connectivity index (χ1v) is 7.84. The molecule has 3 N–H and O–H groups in total. The number of carbonyl (C=O) groups is 3. The maximum absolute atomic E-state index is 12.1. The number of likely N-dealkylation sites (tertiary alicyclic amines) is 1. The molecule has 8 heteroatoms. The molecule has 0 spiro atoms. The Bertz CT molecular complexity index is 745. The van der Waals surface area contributed by atoms with Gasteiger partial charge in [-0.15, -0.1) is 0 Å². The summed E-state index contributed by atoms with van der Waals surface area (Å²) in [5, 5.41) is 2.58. The number of hydrazine groups is 1. The summed E-state index contributed by atoms with van der Waals surface area (Å²) < 4.78 is 5.22. The molecule has 0 radical (unpaired) electrons. The molecule has 1 aliphatic rings. The lowest BCUT2D eigenvalue weighted by molar-refractivity contribution is -0.129. The zero-order valence-corrected chi connectivity index (χ0v) is 13.4. The topological polar surface area (TPSA) is 104 Å². The van der Waals surface area contributed by atoms with E-state index in [1.165, 1.54) is 6.26 Å². The number of amides is 4. The summed E-state index contributed by atoms with van der Waals surface area (Å²) in [5.74, 6) is -0.377. The van der Waals surface area contributed by atoms with Crippen LogP contribution < -0.4 is 16.2 Å². The molecule has 1 aliphatic heterocycles. The smallest absolute Gasteiger partial charge is 0.337 e. The number of benzene rings is 1. The Balaban J connectivity index is 1.45. The van der Waals surface area contributed by atoms with Crippen LogP contribution in [0.4, 0.5) is 10.5 Å². The minimum atomic E-state index is -0.559. The van der Waals surface area contributed by atoms with Gasteiger partial charge in [0.1, 0.15) is 5.76 Å². The van der Waals surface area contributed by atoms with Crippen molar-refractivity contribution in [2.45, 2.75) is 13.0 Å². The number of para-hydroxylation sites is 1. The lowest BCUT2D eigenvalue weighted by Crippen LogP contribution is -2.46. The highest BCUT2D eigenvalue weighted by Crippen LogP contribution is 2.20. The Hall–Kier alpha value is -3.29. The number of hydrogen-bond donors (Lipinski definition) is 3. The van der Waals surface area contributed by atoms with E-state index < -0.39 is 17.9 Å². The van der Waals surface area contributed by atoms with Gasteiger partial charge in [-0.1, -0.05) is 18.2 Å². The van der Waals surface area contributed by atoms with Crippen LogP contribution in [0.5, 0.6) is 0 Å². The highest BCUT2D eigenvalue weighted by molar-refractivity contribution is 5.93. The minimum absolute atomic E-state index is 0.106. The van der Waals surface area contributed by atoms with Crippen molar-refractivity contribution in [1.82, 2.24) is 15.8 Å².